The normalized spacial score (nSPS) is 16.0. The van der Waals surface area contributed by atoms with Gasteiger partial charge in [0.1, 0.15) is 0 Å². The molecule has 0 bridgehead atoms. The van der Waals surface area contributed by atoms with Crippen LogP contribution in [0.5, 0.6) is 0 Å². The minimum atomic E-state index is 1.15. The van der Waals surface area contributed by atoms with Crippen LogP contribution in [0.2, 0.25) is 0 Å². The van der Waals surface area contributed by atoms with Crippen LogP contribution >= 0.6 is 11.8 Å². The Hall–Kier alpha value is -0.930. The van der Waals surface area contributed by atoms with Crippen molar-refractivity contribution < 1.29 is 0 Å². The standard InChI is InChI=1S/C18H26N2S/c1-19(2)11-6-12-20-17-8-4-3-7-15(17)16-10-14-21-13-5-9-18(16)20/h3-4,7-8H,5-6,9-14H2,1-2H3. The van der Waals surface area contributed by atoms with Crippen molar-refractivity contribution in [1.82, 2.24) is 9.47 Å². The molecule has 0 unspecified atom stereocenters. The second-order valence-corrected chi connectivity index (χ2v) is 7.44. The third kappa shape index (κ3) is 3.29. The molecule has 0 saturated heterocycles. The van der Waals surface area contributed by atoms with Crippen LogP contribution in [-0.2, 0) is 19.4 Å². The maximum absolute atomic E-state index is 2.62. The van der Waals surface area contributed by atoms with Crippen LogP contribution in [0.3, 0.4) is 0 Å². The molecule has 2 aromatic rings. The van der Waals surface area contributed by atoms with Crippen LogP contribution in [0, 0.1) is 0 Å². The molecule has 3 rings (SSSR count). The fourth-order valence-electron chi connectivity index (χ4n) is 3.41. The van der Waals surface area contributed by atoms with Crippen molar-refractivity contribution in [2.45, 2.75) is 32.2 Å². The molecule has 1 aliphatic heterocycles. The Bertz CT molecular complexity index is 601. The smallest absolute Gasteiger partial charge is 0.0485 e. The second-order valence-electron chi connectivity index (χ2n) is 6.22. The van der Waals surface area contributed by atoms with Gasteiger partial charge in [-0.15, -0.1) is 0 Å². The highest BCUT2D eigenvalue weighted by Crippen LogP contribution is 2.30. The van der Waals surface area contributed by atoms with E-state index >= 15 is 0 Å². The number of aromatic nitrogens is 1. The van der Waals surface area contributed by atoms with Crippen LogP contribution < -0.4 is 0 Å². The van der Waals surface area contributed by atoms with Crippen molar-refractivity contribution in [1.29, 1.82) is 0 Å². The van der Waals surface area contributed by atoms with Crippen molar-refractivity contribution in [2.24, 2.45) is 0 Å². The number of benzene rings is 1. The minimum absolute atomic E-state index is 1.15. The van der Waals surface area contributed by atoms with Crippen LogP contribution in [0.1, 0.15) is 24.1 Å². The number of hydrogen-bond acceptors (Lipinski definition) is 2. The Balaban J connectivity index is 1.98. The molecule has 1 aromatic carbocycles. The molecule has 3 heteroatoms. The van der Waals surface area contributed by atoms with Gasteiger partial charge in [-0.1, -0.05) is 18.2 Å². The number of aryl methyl sites for hydroxylation is 2. The predicted molar refractivity (Wildman–Crippen MR) is 94.5 cm³/mol. The molecule has 21 heavy (non-hydrogen) atoms. The van der Waals surface area contributed by atoms with Crippen LogP contribution in [0.15, 0.2) is 24.3 Å². The first-order valence-corrected chi connectivity index (χ1v) is 9.24. The van der Waals surface area contributed by atoms with Gasteiger partial charge in [0, 0.05) is 23.1 Å². The Morgan fingerprint density at radius 2 is 2.00 bits per heavy atom. The van der Waals surface area contributed by atoms with Crippen molar-refractivity contribution in [3.8, 4) is 0 Å². The average molecular weight is 302 g/mol. The third-order valence-corrected chi connectivity index (χ3v) is 5.45. The van der Waals surface area contributed by atoms with E-state index in [-0.39, 0.29) is 0 Å². The lowest BCUT2D eigenvalue weighted by molar-refractivity contribution is 0.386. The highest BCUT2D eigenvalue weighted by atomic mass is 32.2. The molecule has 1 aliphatic rings. The lowest BCUT2D eigenvalue weighted by atomic mass is 10.1. The number of rotatable bonds is 4. The van der Waals surface area contributed by atoms with E-state index in [0.717, 1.165) is 13.1 Å². The Labute approximate surface area is 132 Å². The summed E-state index contributed by atoms with van der Waals surface area (Å²) < 4.78 is 2.62. The number of hydrogen-bond donors (Lipinski definition) is 0. The van der Waals surface area contributed by atoms with Gasteiger partial charge in [0.05, 0.1) is 0 Å². The predicted octanol–water partition coefficient (Wildman–Crippen LogP) is 3.81. The Morgan fingerprint density at radius 3 is 2.86 bits per heavy atom. The van der Waals surface area contributed by atoms with Crippen molar-refractivity contribution in [2.75, 3.05) is 32.1 Å². The number of thioether (sulfide) groups is 1. The zero-order valence-electron chi connectivity index (χ0n) is 13.3. The van der Waals surface area contributed by atoms with Crippen molar-refractivity contribution in [3.05, 3.63) is 35.5 Å². The molecule has 0 saturated carbocycles. The first-order valence-electron chi connectivity index (χ1n) is 8.09. The highest BCUT2D eigenvalue weighted by molar-refractivity contribution is 7.99. The number of fused-ring (bicyclic) bond motifs is 3. The lowest BCUT2D eigenvalue weighted by Gasteiger charge is -2.16. The molecule has 0 atom stereocenters. The molecule has 0 amide bonds. The van der Waals surface area contributed by atoms with Gasteiger partial charge < -0.3 is 9.47 Å². The van der Waals surface area contributed by atoms with E-state index in [1.165, 1.54) is 48.1 Å². The van der Waals surface area contributed by atoms with E-state index in [1.807, 2.05) is 0 Å². The van der Waals surface area contributed by atoms with Gasteiger partial charge in [0.2, 0.25) is 0 Å². The molecule has 2 nitrogen and oxygen atoms in total. The van der Waals surface area contributed by atoms with Gasteiger partial charge in [0.15, 0.2) is 0 Å². The molecule has 0 radical (unpaired) electrons. The number of nitrogens with zero attached hydrogens (tertiary/aromatic N) is 2. The summed E-state index contributed by atoms with van der Waals surface area (Å²) in [6, 6.07) is 9.01. The fourth-order valence-corrected chi connectivity index (χ4v) is 4.31. The maximum Gasteiger partial charge on any atom is 0.0485 e. The van der Waals surface area contributed by atoms with Gasteiger partial charge in [0.25, 0.3) is 0 Å². The largest absolute Gasteiger partial charge is 0.344 e. The maximum atomic E-state index is 2.62. The molecular formula is C18H26N2S. The summed E-state index contributed by atoms with van der Waals surface area (Å²) in [5.74, 6) is 2.59. The van der Waals surface area contributed by atoms with Gasteiger partial charge in [-0.3, -0.25) is 0 Å². The summed E-state index contributed by atoms with van der Waals surface area (Å²) in [4.78, 5) is 2.28. The molecule has 1 aromatic heterocycles. The Kier molecular flexibility index (Phi) is 4.91. The van der Waals surface area contributed by atoms with E-state index in [9.17, 15) is 0 Å². The molecule has 0 aliphatic carbocycles. The Morgan fingerprint density at radius 1 is 1.14 bits per heavy atom. The van der Waals surface area contributed by atoms with Gasteiger partial charge >= 0.3 is 0 Å². The molecular weight excluding hydrogens is 276 g/mol. The zero-order chi connectivity index (χ0) is 14.7. The quantitative estimate of drug-likeness (QED) is 0.848. The van der Waals surface area contributed by atoms with Gasteiger partial charge in [-0.25, -0.2) is 0 Å². The minimum Gasteiger partial charge on any atom is -0.344 e. The van der Waals surface area contributed by atoms with E-state index in [2.05, 4.69) is 59.6 Å². The summed E-state index contributed by atoms with van der Waals surface area (Å²) in [5.41, 5.74) is 4.70. The van der Waals surface area contributed by atoms with Gasteiger partial charge in [-0.2, -0.15) is 11.8 Å². The topological polar surface area (TPSA) is 8.17 Å². The van der Waals surface area contributed by atoms with E-state index in [1.54, 1.807) is 11.3 Å². The van der Waals surface area contributed by atoms with Crippen molar-refractivity contribution >= 4 is 22.7 Å². The SMILES string of the molecule is CN(C)CCCn1c2c(c3ccccc31)CCSCCC2. The first kappa shape index (κ1) is 15.0. The summed E-state index contributed by atoms with van der Waals surface area (Å²) in [6.45, 7) is 2.32. The van der Waals surface area contributed by atoms with Gasteiger partial charge in [-0.05, 0) is 69.5 Å². The van der Waals surface area contributed by atoms with Crippen LogP contribution in [0.25, 0.3) is 10.9 Å². The van der Waals surface area contributed by atoms with Crippen LogP contribution in [-0.4, -0.2) is 41.6 Å². The summed E-state index contributed by atoms with van der Waals surface area (Å²) >= 11 is 2.12. The zero-order valence-corrected chi connectivity index (χ0v) is 14.1. The molecule has 0 fully saturated rings. The first-order chi connectivity index (χ1) is 10.3. The summed E-state index contributed by atoms with van der Waals surface area (Å²) in [6.07, 6.45) is 5.04. The molecule has 0 N–H and O–H groups in total. The number of para-hydroxylation sites is 1. The average Bonchev–Trinajstić information content (AvgIpc) is 2.71. The third-order valence-electron chi connectivity index (χ3n) is 4.38. The molecule has 0 spiro atoms. The van der Waals surface area contributed by atoms with Crippen molar-refractivity contribution in [3.63, 3.8) is 0 Å². The van der Waals surface area contributed by atoms with E-state index in [0.29, 0.717) is 0 Å². The molecule has 2 heterocycles. The lowest BCUT2D eigenvalue weighted by Crippen LogP contribution is -2.16. The summed E-state index contributed by atoms with van der Waals surface area (Å²) in [5, 5.41) is 1.50. The molecule has 114 valence electrons. The fraction of sp³-hybridized carbons (Fsp3) is 0.556. The summed E-state index contributed by atoms with van der Waals surface area (Å²) in [7, 11) is 4.32. The highest BCUT2D eigenvalue weighted by Gasteiger charge is 2.17. The second kappa shape index (κ2) is 6.89. The van der Waals surface area contributed by atoms with Crippen LogP contribution in [0.4, 0.5) is 0 Å². The monoisotopic (exact) mass is 302 g/mol. The van der Waals surface area contributed by atoms with E-state index in [4.69, 9.17) is 0 Å². The van der Waals surface area contributed by atoms with E-state index < -0.39 is 0 Å².